The molecule has 11 heteroatoms. The number of hydrogen-bond acceptors (Lipinski definition) is 7. The number of carbonyl (C=O) groups is 1. The largest absolute Gasteiger partial charge is 0.417 e. The predicted molar refractivity (Wildman–Crippen MR) is 128 cm³/mol. The number of rotatable bonds is 6. The Hall–Kier alpha value is -4.28. The summed E-state index contributed by atoms with van der Waals surface area (Å²) < 4.78 is 39.0. The molecule has 0 bridgehead atoms. The molecule has 1 aliphatic rings. The van der Waals surface area contributed by atoms with Crippen molar-refractivity contribution in [1.82, 2.24) is 24.9 Å². The lowest BCUT2D eigenvalue weighted by Gasteiger charge is -2.31. The zero-order valence-electron chi connectivity index (χ0n) is 19.3. The fourth-order valence-corrected chi connectivity index (χ4v) is 4.01. The Morgan fingerprint density at radius 3 is 2.47 bits per heavy atom. The van der Waals surface area contributed by atoms with Crippen LogP contribution in [0.25, 0.3) is 10.9 Å². The fourth-order valence-electron chi connectivity index (χ4n) is 4.01. The van der Waals surface area contributed by atoms with E-state index < -0.39 is 17.6 Å². The van der Waals surface area contributed by atoms with Crippen molar-refractivity contribution in [3.05, 3.63) is 83.4 Å². The molecule has 0 spiro atoms. The molecule has 0 aliphatic heterocycles. The highest BCUT2D eigenvalue weighted by Crippen LogP contribution is 2.43. The molecule has 3 heterocycles. The molecule has 8 nitrogen and oxygen atoms in total. The molecule has 1 aliphatic carbocycles. The van der Waals surface area contributed by atoms with Crippen molar-refractivity contribution in [1.29, 1.82) is 0 Å². The molecule has 2 N–H and O–H groups in total. The van der Waals surface area contributed by atoms with Crippen LogP contribution in [0.15, 0.2) is 61.1 Å². The highest BCUT2D eigenvalue weighted by Gasteiger charge is 2.31. The van der Waals surface area contributed by atoms with E-state index in [1.807, 2.05) is 6.07 Å². The quantitative estimate of drug-likeness (QED) is 0.392. The van der Waals surface area contributed by atoms with Gasteiger partial charge in [-0.05, 0) is 66.8 Å². The van der Waals surface area contributed by atoms with E-state index in [1.165, 1.54) is 28.5 Å². The number of nitrogens with two attached hydrogens (primary N) is 1. The third-order valence-corrected chi connectivity index (χ3v) is 6.03. The standard InChI is InChI=1S/C25H22F3N7O/c1-34(24-30-9-2-10-31-24)35(14-18-7-6-17(13-32-18)25(26,27)28)23(36)16-5-8-21-20(11-16)19(15-3-4-15)12-22(29)33-21/h2,5-13,15H,3-4,14H2,1H3,(H2,29,33). The van der Waals surface area contributed by atoms with Crippen LogP contribution in [0.3, 0.4) is 0 Å². The first-order valence-corrected chi connectivity index (χ1v) is 11.3. The molecule has 0 radical (unpaired) electrons. The molecule has 1 fully saturated rings. The Morgan fingerprint density at radius 1 is 1.08 bits per heavy atom. The number of hydrazine groups is 1. The molecule has 0 atom stereocenters. The molecule has 5 rings (SSSR count). The molecule has 1 amide bonds. The second-order valence-corrected chi connectivity index (χ2v) is 8.61. The number of fused-ring (bicyclic) bond motifs is 1. The first-order valence-electron chi connectivity index (χ1n) is 11.3. The lowest BCUT2D eigenvalue weighted by atomic mass is 10.0. The topological polar surface area (TPSA) is 101 Å². The van der Waals surface area contributed by atoms with Gasteiger partial charge < -0.3 is 5.73 Å². The molecular formula is C25H22F3N7O. The average Bonchev–Trinajstić information content (AvgIpc) is 3.71. The zero-order valence-corrected chi connectivity index (χ0v) is 19.3. The fraction of sp³-hybridized carbons (Fsp3) is 0.240. The summed E-state index contributed by atoms with van der Waals surface area (Å²) in [5.41, 5.74) is 7.52. The summed E-state index contributed by atoms with van der Waals surface area (Å²) in [6.45, 7) is -0.0980. The number of pyridine rings is 2. The first-order chi connectivity index (χ1) is 17.2. The summed E-state index contributed by atoms with van der Waals surface area (Å²) in [7, 11) is 1.61. The van der Waals surface area contributed by atoms with Crippen LogP contribution in [0.5, 0.6) is 0 Å². The van der Waals surface area contributed by atoms with Crippen LogP contribution in [0.1, 0.15) is 45.9 Å². The number of amides is 1. The van der Waals surface area contributed by atoms with Crippen LogP contribution < -0.4 is 10.7 Å². The van der Waals surface area contributed by atoms with E-state index in [4.69, 9.17) is 5.73 Å². The van der Waals surface area contributed by atoms with Crippen LogP contribution in [0.4, 0.5) is 24.9 Å². The van der Waals surface area contributed by atoms with Gasteiger partial charge in [-0.25, -0.2) is 20.0 Å². The van der Waals surface area contributed by atoms with Crippen molar-refractivity contribution in [2.75, 3.05) is 17.8 Å². The van der Waals surface area contributed by atoms with Gasteiger partial charge in [-0.2, -0.15) is 13.2 Å². The molecule has 1 aromatic carbocycles. The van der Waals surface area contributed by atoms with Crippen molar-refractivity contribution in [2.24, 2.45) is 0 Å². The van der Waals surface area contributed by atoms with Gasteiger partial charge >= 0.3 is 6.18 Å². The Morgan fingerprint density at radius 2 is 1.83 bits per heavy atom. The third kappa shape index (κ3) is 4.77. The molecule has 0 unspecified atom stereocenters. The van der Waals surface area contributed by atoms with E-state index in [9.17, 15) is 18.0 Å². The summed E-state index contributed by atoms with van der Waals surface area (Å²) in [5, 5.41) is 3.64. The van der Waals surface area contributed by atoms with Crippen LogP contribution in [-0.2, 0) is 12.7 Å². The molecule has 184 valence electrons. The van der Waals surface area contributed by atoms with E-state index in [0.29, 0.717) is 22.8 Å². The number of hydrogen-bond donors (Lipinski definition) is 1. The second-order valence-electron chi connectivity index (χ2n) is 8.61. The van der Waals surface area contributed by atoms with Gasteiger partial charge in [0.25, 0.3) is 5.91 Å². The maximum atomic E-state index is 13.8. The highest BCUT2D eigenvalue weighted by atomic mass is 19.4. The van der Waals surface area contributed by atoms with Crippen molar-refractivity contribution in [2.45, 2.75) is 31.5 Å². The second kappa shape index (κ2) is 9.06. The number of benzene rings is 1. The average molecular weight is 493 g/mol. The summed E-state index contributed by atoms with van der Waals surface area (Å²) in [5.74, 6) is 0.661. The number of nitrogens with zero attached hydrogens (tertiary/aromatic N) is 6. The van der Waals surface area contributed by atoms with Crippen molar-refractivity contribution >= 4 is 28.6 Å². The maximum Gasteiger partial charge on any atom is 0.417 e. The van der Waals surface area contributed by atoms with E-state index in [0.717, 1.165) is 36.1 Å². The SMILES string of the molecule is CN(c1ncccn1)N(Cc1ccc(C(F)(F)F)cn1)C(=O)c1ccc2nc(N)cc(C3CC3)c2c1. The van der Waals surface area contributed by atoms with Gasteiger partial charge in [-0.1, -0.05) is 0 Å². The van der Waals surface area contributed by atoms with Gasteiger partial charge in [-0.3, -0.25) is 14.8 Å². The molecule has 36 heavy (non-hydrogen) atoms. The van der Waals surface area contributed by atoms with Crippen LogP contribution in [-0.4, -0.2) is 37.9 Å². The van der Waals surface area contributed by atoms with Crippen molar-refractivity contribution < 1.29 is 18.0 Å². The lowest BCUT2D eigenvalue weighted by molar-refractivity contribution is -0.137. The van der Waals surface area contributed by atoms with Gasteiger partial charge in [0.2, 0.25) is 5.95 Å². The summed E-state index contributed by atoms with van der Waals surface area (Å²) in [4.78, 5) is 30.5. The van der Waals surface area contributed by atoms with Crippen LogP contribution in [0.2, 0.25) is 0 Å². The van der Waals surface area contributed by atoms with Crippen molar-refractivity contribution in [3.63, 3.8) is 0 Å². The van der Waals surface area contributed by atoms with Gasteiger partial charge in [0.15, 0.2) is 0 Å². The normalized spacial score (nSPS) is 13.6. The van der Waals surface area contributed by atoms with Gasteiger partial charge in [0.05, 0.1) is 23.3 Å². The minimum absolute atomic E-state index is 0.0980. The Balaban J connectivity index is 1.52. The van der Waals surface area contributed by atoms with Gasteiger partial charge in [0.1, 0.15) is 5.82 Å². The first kappa shape index (κ1) is 23.5. The lowest BCUT2D eigenvalue weighted by Crippen LogP contribution is -2.45. The van der Waals surface area contributed by atoms with Gasteiger partial charge in [0, 0.05) is 36.6 Å². The highest BCUT2D eigenvalue weighted by molar-refractivity contribution is 5.99. The monoisotopic (exact) mass is 493 g/mol. The predicted octanol–water partition coefficient (Wildman–Crippen LogP) is 4.59. The summed E-state index contributed by atoms with van der Waals surface area (Å²) >= 11 is 0. The van der Waals surface area contributed by atoms with E-state index in [1.54, 1.807) is 31.3 Å². The van der Waals surface area contributed by atoms with E-state index in [2.05, 4.69) is 19.9 Å². The number of anilines is 2. The number of carbonyl (C=O) groups excluding carboxylic acids is 1. The Kier molecular flexibility index (Phi) is 5.91. The molecule has 4 aromatic rings. The molecule has 3 aromatic heterocycles. The van der Waals surface area contributed by atoms with Crippen LogP contribution >= 0.6 is 0 Å². The summed E-state index contributed by atoms with van der Waals surface area (Å²) in [6.07, 6.45) is 1.42. The number of halogens is 3. The van der Waals surface area contributed by atoms with E-state index >= 15 is 0 Å². The minimum atomic E-state index is -4.50. The van der Waals surface area contributed by atoms with E-state index in [-0.39, 0.29) is 18.2 Å². The number of nitrogen functional groups attached to an aromatic ring is 1. The Labute approximate surface area is 204 Å². The number of alkyl halides is 3. The number of aromatic nitrogens is 4. The zero-order chi connectivity index (χ0) is 25.4. The third-order valence-electron chi connectivity index (χ3n) is 6.03. The Bertz CT molecular complexity index is 1410. The molecular weight excluding hydrogens is 471 g/mol. The smallest absolute Gasteiger partial charge is 0.384 e. The summed E-state index contributed by atoms with van der Waals surface area (Å²) in [6, 6.07) is 10.9. The van der Waals surface area contributed by atoms with Crippen LogP contribution in [0, 0.1) is 0 Å². The molecule has 1 saturated carbocycles. The minimum Gasteiger partial charge on any atom is -0.384 e. The van der Waals surface area contributed by atoms with Gasteiger partial charge in [-0.15, -0.1) is 0 Å². The van der Waals surface area contributed by atoms with Crippen molar-refractivity contribution in [3.8, 4) is 0 Å². The molecule has 0 saturated heterocycles. The maximum absolute atomic E-state index is 13.8.